The molecule has 0 radical (unpaired) electrons. The number of rotatable bonds is 0. The smallest absolute Gasteiger partial charge is 0.0395 e. The molecular formula is C12H23N. The molecule has 1 unspecified atom stereocenters. The van der Waals surface area contributed by atoms with Gasteiger partial charge in [-0.2, -0.15) is 0 Å². The first-order chi connectivity index (χ1) is 5.73. The summed E-state index contributed by atoms with van der Waals surface area (Å²) >= 11 is 0. The van der Waals surface area contributed by atoms with Crippen LogP contribution < -0.4 is 0 Å². The molecule has 1 aliphatic heterocycles. The summed E-state index contributed by atoms with van der Waals surface area (Å²) < 4.78 is 0. The maximum atomic E-state index is 4.67. The van der Waals surface area contributed by atoms with Crippen molar-refractivity contribution in [3.8, 4) is 0 Å². The van der Waals surface area contributed by atoms with E-state index in [1.165, 1.54) is 12.1 Å². The summed E-state index contributed by atoms with van der Waals surface area (Å²) in [5.74, 6) is 0.687. The van der Waals surface area contributed by atoms with Crippen molar-refractivity contribution >= 4 is 5.71 Å². The quantitative estimate of drug-likeness (QED) is 0.542. The molecule has 0 amide bonds. The Morgan fingerprint density at radius 3 is 1.92 bits per heavy atom. The van der Waals surface area contributed by atoms with Gasteiger partial charge in [0, 0.05) is 23.6 Å². The molecule has 0 aliphatic carbocycles. The van der Waals surface area contributed by atoms with Gasteiger partial charge in [-0.15, -0.1) is 0 Å². The van der Waals surface area contributed by atoms with Gasteiger partial charge in [0.1, 0.15) is 0 Å². The first kappa shape index (κ1) is 10.7. The van der Waals surface area contributed by atoms with Crippen molar-refractivity contribution in [2.75, 3.05) is 6.54 Å². The van der Waals surface area contributed by atoms with Crippen LogP contribution >= 0.6 is 0 Å². The topological polar surface area (TPSA) is 12.4 Å². The summed E-state index contributed by atoms with van der Waals surface area (Å²) in [6.07, 6.45) is 1.25. The molecule has 0 spiro atoms. The van der Waals surface area contributed by atoms with E-state index >= 15 is 0 Å². The fourth-order valence-corrected chi connectivity index (χ4v) is 2.16. The molecule has 1 atom stereocenters. The zero-order chi connectivity index (χ0) is 10.3. The normalized spacial score (nSPS) is 24.8. The Kier molecular flexibility index (Phi) is 2.57. The van der Waals surface area contributed by atoms with Crippen molar-refractivity contribution in [2.45, 2.75) is 48.0 Å². The molecule has 0 saturated heterocycles. The average molecular weight is 181 g/mol. The molecule has 0 aromatic rings. The van der Waals surface area contributed by atoms with Gasteiger partial charge in [0.05, 0.1) is 0 Å². The third-order valence-corrected chi connectivity index (χ3v) is 2.84. The predicted molar refractivity (Wildman–Crippen MR) is 59.3 cm³/mol. The summed E-state index contributed by atoms with van der Waals surface area (Å²) in [4.78, 5) is 4.67. The Labute approximate surface area is 82.6 Å². The van der Waals surface area contributed by atoms with Crippen LogP contribution in [0.3, 0.4) is 0 Å². The number of hydrogen-bond acceptors (Lipinski definition) is 1. The fourth-order valence-electron chi connectivity index (χ4n) is 2.16. The predicted octanol–water partition coefficient (Wildman–Crippen LogP) is 3.54. The molecule has 1 heterocycles. The minimum atomic E-state index is 0.258. The second kappa shape index (κ2) is 3.11. The SMILES string of the molecule is CC(C)(C)C1=NCCC1C(C)(C)C. The van der Waals surface area contributed by atoms with Crippen molar-refractivity contribution in [1.29, 1.82) is 0 Å². The zero-order valence-electron chi connectivity index (χ0n) is 9.94. The van der Waals surface area contributed by atoms with Crippen molar-refractivity contribution in [1.82, 2.24) is 0 Å². The lowest BCUT2D eigenvalue weighted by molar-refractivity contribution is 0.298. The molecule has 0 aromatic carbocycles. The highest BCUT2D eigenvalue weighted by molar-refractivity contribution is 5.93. The van der Waals surface area contributed by atoms with Crippen LogP contribution in [0.4, 0.5) is 0 Å². The molecule has 1 heteroatoms. The van der Waals surface area contributed by atoms with E-state index in [0.717, 1.165) is 6.54 Å². The van der Waals surface area contributed by atoms with Crippen molar-refractivity contribution < 1.29 is 0 Å². The standard InChI is InChI=1S/C12H23N/c1-11(2,3)9-7-8-13-10(9)12(4,5)6/h9H,7-8H2,1-6H3. The molecule has 0 N–H and O–H groups in total. The summed E-state index contributed by atoms with van der Waals surface area (Å²) in [7, 11) is 0. The number of aliphatic imine (C=N–C) groups is 1. The Hall–Kier alpha value is -0.330. The lowest BCUT2D eigenvalue weighted by Gasteiger charge is -2.33. The molecule has 0 saturated carbocycles. The Morgan fingerprint density at radius 2 is 1.62 bits per heavy atom. The monoisotopic (exact) mass is 181 g/mol. The number of hydrogen-bond donors (Lipinski definition) is 0. The lowest BCUT2D eigenvalue weighted by Crippen LogP contribution is -2.33. The second-order valence-corrected chi connectivity index (χ2v) is 6.22. The summed E-state index contributed by atoms with van der Waals surface area (Å²) in [5.41, 5.74) is 2.07. The van der Waals surface area contributed by atoms with E-state index in [0.29, 0.717) is 11.3 Å². The van der Waals surface area contributed by atoms with Crippen LogP contribution in [0.2, 0.25) is 0 Å². The van der Waals surface area contributed by atoms with Gasteiger partial charge in [0.25, 0.3) is 0 Å². The molecular weight excluding hydrogens is 158 g/mol. The highest BCUT2D eigenvalue weighted by Gasteiger charge is 2.37. The first-order valence-electron chi connectivity index (χ1n) is 5.28. The van der Waals surface area contributed by atoms with Gasteiger partial charge in [0.15, 0.2) is 0 Å². The van der Waals surface area contributed by atoms with Gasteiger partial charge >= 0.3 is 0 Å². The van der Waals surface area contributed by atoms with Gasteiger partial charge in [0.2, 0.25) is 0 Å². The Balaban J connectivity index is 2.87. The first-order valence-corrected chi connectivity index (χ1v) is 5.28. The van der Waals surface area contributed by atoms with Gasteiger partial charge in [-0.05, 0) is 11.8 Å². The molecule has 1 nitrogen and oxygen atoms in total. The summed E-state index contributed by atoms with van der Waals surface area (Å²) in [6, 6.07) is 0. The Morgan fingerprint density at radius 1 is 1.08 bits per heavy atom. The molecule has 76 valence electrons. The van der Waals surface area contributed by atoms with E-state index in [-0.39, 0.29) is 5.41 Å². The van der Waals surface area contributed by atoms with E-state index in [1.807, 2.05) is 0 Å². The minimum Gasteiger partial charge on any atom is -0.293 e. The maximum absolute atomic E-state index is 4.67. The average Bonchev–Trinajstić information content (AvgIpc) is 2.27. The van der Waals surface area contributed by atoms with Crippen molar-refractivity contribution in [3.05, 3.63) is 0 Å². The molecule has 1 rings (SSSR count). The molecule has 1 aliphatic rings. The van der Waals surface area contributed by atoms with E-state index in [9.17, 15) is 0 Å². The van der Waals surface area contributed by atoms with Gasteiger partial charge in [-0.25, -0.2) is 0 Å². The van der Waals surface area contributed by atoms with Gasteiger partial charge in [-0.1, -0.05) is 41.5 Å². The van der Waals surface area contributed by atoms with Gasteiger partial charge in [-0.3, -0.25) is 4.99 Å². The highest BCUT2D eigenvalue weighted by atomic mass is 14.8. The number of nitrogens with zero attached hydrogens (tertiary/aromatic N) is 1. The van der Waals surface area contributed by atoms with E-state index in [4.69, 9.17) is 0 Å². The second-order valence-electron chi connectivity index (χ2n) is 6.22. The van der Waals surface area contributed by atoms with E-state index in [2.05, 4.69) is 46.5 Å². The van der Waals surface area contributed by atoms with Crippen LogP contribution in [0.15, 0.2) is 4.99 Å². The molecule has 0 aromatic heterocycles. The summed E-state index contributed by atoms with van der Waals surface area (Å²) in [6.45, 7) is 14.8. The van der Waals surface area contributed by atoms with Crippen LogP contribution in [0.1, 0.15) is 48.0 Å². The van der Waals surface area contributed by atoms with Crippen molar-refractivity contribution in [2.24, 2.45) is 21.7 Å². The summed E-state index contributed by atoms with van der Waals surface area (Å²) in [5, 5.41) is 0. The largest absolute Gasteiger partial charge is 0.293 e. The zero-order valence-corrected chi connectivity index (χ0v) is 9.94. The van der Waals surface area contributed by atoms with Gasteiger partial charge < -0.3 is 0 Å². The highest BCUT2D eigenvalue weighted by Crippen LogP contribution is 2.39. The van der Waals surface area contributed by atoms with Crippen LogP contribution in [0.25, 0.3) is 0 Å². The van der Waals surface area contributed by atoms with Crippen LogP contribution in [0, 0.1) is 16.7 Å². The van der Waals surface area contributed by atoms with Crippen LogP contribution in [-0.2, 0) is 0 Å². The molecule has 0 bridgehead atoms. The third-order valence-electron chi connectivity index (χ3n) is 2.84. The van der Waals surface area contributed by atoms with E-state index in [1.54, 1.807) is 0 Å². The lowest BCUT2D eigenvalue weighted by atomic mass is 9.70. The molecule has 13 heavy (non-hydrogen) atoms. The van der Waals surface area contributed by atoms with Crippen molar-refractivity contribution in [3.63, 3.8) is 0 Å². The third kappa shape index (κ3) is 2.32. The fraction of sp³-hybridized carbons (Fsp3) is 0.917. The molecule has 0 fully saturated rings. The van der Waals surface area contributed by atoms with Crippen LogP contribution in [0.5, 0.6) is 0 Å². The van der Waals surface area contributed by atoms with Crippen LogP contribution in [-0.4, -0.2) is 12.3 Å². The minimum absolute atomic E-state index is 0.258. The Bertz CT molecular complexity index is 212. The maximum Gasteiger partial charge on any atom is 0.0395 e. The van der Waals surface area contributed by atoms with E-state index < -0.39 is 0 Å².